The predicted octanol–water partition coefficient (Wildman–Crippen LogP) is 3.12. The van der Waals surface area contributed by atoms with Crippen molar-refractivity contribution in [3.05, 3.63) is 59.4 Å². The Morgan fingerprint density at radius 2 is 1.74 bits per heavy atom. The lowest BCUT2D eigenvalue weighted by molar-refractivity contribution is -0.134. The van der Waals surface area contributed by atoms with Crippen LogP contribution in [0.5, 0.6) is 0 Å². The van der Waals surface area contributed by atoms with Crippen LogP contribution in [0.3, 0.4) is 0 Å². The van der Waals surface area contributed by atoms with Gasteiger partial charge in [0.15, 0.2) is 0 Å². The molecular formula is C21H24FN3O2. The number of halogens is 1. The lowest BCUT2D eigenvalue weighted by atomic mass is 10.1. The summed E-state index contributed by atoms with van der Waals surface area (Å²) in [5, 5.41) is 2.80. The number of aryl methyl sites for hydroxylation is 2. The Labute approximate surface area is 158 Å². The molecule has 2 amide bonds. The normalized spacial score (nSPS) is 14.2. The fourth-order valence-electron chi connectivity index (χ4n) is 3.30. The summed E-state index contributed by atoms with van der Waals surface area (Å²) in [6, 6.07) is 12.4. The van der Waals surface area contributed by atoms with Gasteiger partial charge in [-0.1, -0.05) is 29.8 Å². The third-order valence-corrected chi connectivity index (χ3v) is 4.79. The van der Waals surface area contributed by atoms with Crippen LogP contribution in [-0.2, 0) is 9.59 Å². The van der Waals surface area contributed by atoms with E-state index >= 15 is 0 Å². The summed E-state index contributed by atoms with van der Waals surface area (Å²) in [7, 11) is 0. The van der Waals surface area contributed by atoms with E-state index in [9.17, 15) is 14.0 Å². The summed E-state index contributed by atoms with van der Waals surface area (Å²) < 4.78 is 13.9. The number of rotatable bonds is 4. The van der Waals surface area contributed by atoms with Crippen molar-refractivity contribution in [3.8, 4) is 0 Å². The van der Waals surface area contributed by atoms with Crippen LogP contribution in [-0.4, -0.2) is 42.9 Å². The van der Waals surface area contributed by atoms with Crippen molar-refractivity contribution < 1.29 is 14.0 Å². The number of piperazine rings is 1. The Balaban J connectivity index is 1.52. The van der Waals surface area contributed by atoms with Gasteiger partial charge in [-0.3, -0.25) is 9.59 Å². The SMILES string of the molecule is Cc1ccc(NC(=O)CC(=O)N2CCN(c3ccccc3F)CC2)c(C)c1. The molecule has 0 aliphatic carbocycles. The molecule has 1 N–H and O–H groups in total. The fraction of sp³-hybridized carbons (Fsp3) is 0.333. The van der Waals surface area contributed by atoms with Crippen LogP contribution in [0.4, 0.5) is 15.8 Å². The number of carbonyl (C=O) groups is 2. The average Bonchev–Trinajstić information content (AvgIpc) is 2.64. The number of nitrogens with zero attached hydrogens (tertiary/aromatic N) is 2. The maximum Gasteiger partial charge on any atom is 0.233 e. The topological polar surface area (TPSA) is 52.7 Å². The maximum atomic E-state index is 13.9. The number of amides is 2. The summed E-state index contributed by atoms with van der Waals surface area (Å²) in [6.45, 7) is 5.96. The first-order chi connectivity index (χ1) is 12.9. The second-order valence-electron chi connectivity index (χ2n) is 6.86. The van der Waals surface area contributed by atoms with Gasteiger partial charge in [0.25, 0.3) is 0 Å². The van der Waals surface area contributed by atoms with Gasteiger partial charge in [-0.15, -0.1) is 0 Å². The number of hydrogen-bond donors (Lipinski definition) is 1. The molecule has 1 heterocycles. The van der Waals surface area contributed by atoms with Crippen molar-refractivity contribution in [3.63, 3.8) is 0 Å². The minimum Gasteiger partial charge on any atom is -0.366 e. The van der Waals surface area contributed by atoms with Gasteiger partial charge >= 0.3 is 0 Å². The van der Waals surface area contributed by atoms with Gasteiger partial charge in [-0.2, -0.15) is 0 Å². The average molecular weight is 369 g/mol. The van der Waals surface area contributed by atoms with Crippen molar-refractivity contribution in [2.45, 2.75) is 20.3 Å². The van der Waals surface area contributed by atoms with E-state index in [2.05, 4.69) is 5.32 Å². The van der Waals surface area contributed by atoms with Gasteiger partial charge in [0.2, 0.25) is 11.8 Å². The van der Waals surface area contributed by atoms with E-state index in [-0.39, 0.29) is 24.1 Å². The molecule has 5 nitrogen and oxygen atoms in total. The van der Waals surface area contributed by atoms with Gasteiger partial charge in [0.05, 0.1) is 5.69 Å². The number of anilines is 2. The van der Waals surface area contributed by atoms with Crippen molar-refractivity contribution in [2.75, 3.05) is 36.4 Å². The van der Waals surface area contributed by atoms with Crippen LogP contribution in [0.1, 0.15) is 17.5 Å². The highest BCUT2D eigenvalue weighted by Gasteiger charge is 2.24. The van der Waals surface area contributed by atoms with Crippen LogP contribution in [0.2, 0.25) is 0 Å². The highest BCUT2D eigenvalue weighted by molar-refractivity contribution is 6.03. The molecular weight excluding hydrogens is 345 g/mol. The second kappa shape index (κ2) is 8.20. The van der Waals surface area contributed by atoms with E-state index in [0.717, 1.165) is 16.8 Å². The molecule has 2 aromatic carbocycles. The molecule has 3 rings (SSSR count). The number of carbonyl (C=O) groups excluding carboxylic acids is 2. The van der Waals surface area contributed by atoms with Gasteiger partial charge in [-0.05, 0) is 37.6 Å². The first-order valence-electron chi connectivity index (χ1n) is 9.08. The highest BCUT2D eigenvalue weighted by Crippen LogP contribution is 2.20. The third kappa shape index (κ3) is 4.64. The maximum absolute atomic E-state index is 13.9. The quantitative estimate of drug-likeness (QED) is 0.843. The van der Waals surface area contributed by atoms with E-state index in [1.54, 1.807) is 23.1 Å². The van der Waals surface area contributed by atoms with Crippen LogP contribution in [0.15, 0.2) is 42.5 Å². The Morgan fingerprint density at radius 1 is 1.04 bits per heavy atom. The Morgan fingerprint density at radius 3 is 2.41 bits per heavy atom. The summed E-state index contributed by atoms with van der Waals surface area (Å²) in [5.41, 5.74) is 3.36. The minimum absolute atomic E-state index is 0.187. The minimum atomic E-state index is -0.316. The monoisotopic (exact) mass is 369 g/mol. The van der Waals surface area contributed by atoms with E-state index < -0.39 is 0 Å². The Kier molecular flexibility index (Phi) is 5.74. The van der Waals surface area contributed by atoms with Crippen LogP contribution < -0.4 is 10.2 Å². The molecule has 1 fully saturated rings. The van der Waals surface area contributed by atoms with Crippen LogP contribution >= 0.6 is 0 Å². The van der Waals surface area contributed by atoms with E-state index in [4.69, 9.17) is 0 Å². The lowest BCUT2D eigenvalue weighted by Gasteiger charge is -2.36. The van der Waals surface area contributed by atoms with Gasteiger partial charge in [0, 0.05) is 31.9 Å². The molecule has 1 aliphatic heterocycles. The molecule has 6 heteroatoms. The number of para-hydroxylation sites is 1. The molecule has 0 atom stereocenters. The largest absolute Gasteiger partial charge is 0.366 e. The molecule has 0 radical (unpaired) electrons. The summed E-state index contributed by atoms with van der Waals surface area (Å²) in [6.07, 6.45) is -0.187. The Bertz CT molecular complexity index is 845. The first kappa shape index (κ1) is 18.9. The molecule has 0 unspecified atom stereocenters. The summed E-state index contributed by atoms with van der Waals surface area (Å²) in [5.74, 6) is -0.779. The summed E-state index contributed by atoms with van der Waals surface area (Å²) in [4.78, 5) is 28.2. The van der Waals surface area contributed by atoms with Gasteiger partial charge in [-0.25, -0.2) is 4.39 Å². The molecule has 0 saturated carbocycles. The van der Waals surface area contributed by atoms with Crippen molar-refractivity contribution >= 4 is 23.2 Å². The first-order valence-corrected chi connectivity index (χ1v) is 9.08. The fourth-order valence-corrected chi connectivity index (χ4v) is 3.30. The van der Waals surface area contributed by atoms with E-state index in [0.29, 0.717) is 31.9 Å². The van der Waals surface area contributed by atoms with Gasteiger partial charge < -0.3 is 15.1 Å². The number of benzene rings is 2. The zero-order valence-corrected chi connectivity index (χ0v) is 15.7. The molecule has 1 aliphatic rings. The number of nitrogens with one attached hydrogen (secondary N) is 1. The van der Waals surface area contributed by atoms with Gasteiger partial charge in [0.1, 0.15) is 12.2 Å². The smallest absolute Gasteiger partial charge is 0.233 e. The number of hydrogen-bond acceptors (Lipinski definition) is 3. The molecule has 142 valence electrons. The molecule has 0 aromatic heterocycles. The van der Waals surface area contributed by atoms with Crippen LogP contribution in [0.25, 0.3) is 0 Å². The zero-order chi connectivity index (χ0) is 19.4. The van der Waals surface area contributed by atoms with E-state index in [1.807, 2.05) is 36.9 Å². The van der Waals surface area contributed by atoms with Crippen molar-refractivity contribution in [2.24, 2.45) is 0 Å². The Hall–Kier alpha value is -2.89. The molecule has 0 bridgehead atoms. The second-order valence-corrected chi connectivity index (χ2v) is 6.86. The zero-order valence-electron chi connectivity index (χ0n) is 15.7. The molecule has 1 saturated heterocycles. The molecule has 2 aromatic rings. The standard InChI is InChI=1S/C21H24FN3O2/c1-15-7-8-18(16(2)13-15)23-20(26)14-21(27)25-11-9-24(10-12-25)19-6-4-3-5-17(19)22/h3-8,13H,9-12,14H2,1-2H3,(H,23,26). The molecule has 0 spiro atoms. The van der Waals surface area contributed by atoms with Crippen LogP contribution in [0, 0.1) is 19.7 Å². The van der Waals surface area contributed by atoms with Crippen molar-refractivity contribution in [1.29, 1.82) is 0 Å². The van der Waals surface area contributed by atoms with Crippen molar-refractivity contribution in [1.82, 2.24) is 4.90 Å². The predicted molar refractivity (Wildman–Crippen MR) is 104 cm³/mol. The molecule has 27 heavy (non-hydrogen) atoms. The lowest BCUT2D eigenvalue weighted by Crippen LogP contribution is -2.49. The third-order valence-electron chi connectivity index (χ3n) is 4.79. The highest BCUT2D eigenvalue weighted by atomic mass is 19.1. The van der Waals surface area contributed by atoms with E-state index in [1.165, 1.54) is 6.07 Å². The summed E-state index contributed by atoms with van der Waals surface area (Å²) >= 11 is 0.